The molecule has 0 saturated carbocycles. The largest absolute Gasteiger partial charge is 0.324 e. The summed E-state index contributed by atoms with van der Waals surface area (Å²) in [5.74, 6) is 0.585. The second-order valence-corrected chi connectivity index (χ2v) is 8.39. The predicted octanol–water partition coefficient (Wildman–Crippen LogP) is 4.78. The third-order valence-corrected chi connectivity index (χ3v) is 5.79. The van der Waals surface area contributed by atoms with Crippen LogP contribution in [0.15, 0.2) is 35.8 Å². The lowest BCUT2D eigenvalue weighted by Crippen LogP contribution is -2.27. The minimum absolute atomic E-state index is 0.585. The number of hydrogen-bond donors (Lipinski definition) is 2. The fraction of sp³-hybridized carbons (Fsp3) is 0.435. The highest BCUT2D eigenvalue weighted by Crippen LogP contribution is 2.22. The van der Waals surface area contributed by atoms with E-state index in [2.05, 4.69) is 76.8 Å². The van der Waals surface area contributed by atoms with E-state index in [9.17, 15) is 0 Å². The summed E-state index contributed by atoms with van der Waals surface area (Å²) in [7, 11) is 0. The summed E-state index contributed by atoms with van der Waals surface area (Å²) >= 11 is 1.67. The number of aryl methyl sites for hydroxylation is 2. The summed E-state index contributed by atoms with van der Waals surface area (Å²) in [6.07, 6.45) is 2.93. The van der Waals surface area contributed by atoms with Gasteiger partial charge in [-0.3, -0.25) is 0 Å². The van der Waals surface area contributed by atoms with Crippen LogP contribution in [0.3, 0.4) is 0 Å². The summed E-state index contributed by atoms with van der Waals surface area (Å²) in [6, 6.07) is 8.24. The molecule has 160 valence electrons. The standard InChI is InChI=1S/C23H32N6S/c1-5-29(6-2)11-7-9-24-15-22-27-21(16-30-22)20-8-10-25-23(28-20)26-19-13-17(3)12-18(4)14-19/h8,10,12-14,16,24H,5-7,9,11,15H2,1-4H3,(H,25,26,28). The summed E-state index contributed by atoms with van der Waals surface area (Å²) in [5.41, 5.74) is 5.15. The van der Waals surface area contributed by atoms with Crippen molar-refractivity contribution in [3.8, 4) is 11.4 Å². The van der Waals surface area contributed by atoms with Crippen molar-refractivity contribution in [2.24, 2.45) is 0 Å². The molecule has 0 aliphatic carbocycles. The zero-order valence-electron chi connectivity index (χ0n) is 18.4. The number of thiazole rings is 1. The second kappa shape index (κ2) is 11.2. The number of anilines is 2. The molecule has 30 heavy (non-hydrogen) atoms. The molecule has 0 amide bonds. The Hall–Kier alpha value is -2.35. The molecule has 1 aromatic carbocycles. The molecular formula is C23H32N6S. The third kappa shape index (κ3) is 6.58. The van der Waals surface area contributed by atoms with Gasteiger partial charge in [0.05, 0.1) is 5.69 Å². The van der Waals surface area contributed by atoms with Gasteiger partial charge >= 0.3 is 0 Å². The van der Waals surface area contributed by atoms with Crippen LogP contribution < -0.4 is 10.6 Å². The van der Waals surface area contributed by atoms with Gasteiger partial charge in [-0.05, 0) is 75.8 Å². The number of hydrogen-bond acceptors (Lipinski definition) is 7. The first-order valence-electron chi connectivity index (χ1n) is 10.6. The molecule has 2 aromatic heterocycles. The molecule has 2 heterocycles. The Morgan fingerprint density at radius 2 is 1.77 bits per heavy atom. The van der Waals surface area contributed by atoms with Crippen molar-refractivity contribution in [1.29, 1.82) is 0 Å². The Morgan fingerprint density at radius 3 is 2.50 bits per heavy atom. The van der Waals surface area contributed by atoms with Gasteiger partial charge in [-0.15, -0.1) is 11.3 Å². The van der Waals surface area contributed by atoms with E-state index in [1.807, 2.05) is 6.07 Å². The highest BCUT2D eigenvalue weighted by molar-refractivity contribution is 7.09. The average molecular weight is 425 g/mol. The number of benzene rings is 1. The van der Waals surface area contributed by atoms with Crippen LogP contribution in [0, 0.1) is 13.8 Å². The lowest BCUT2D eigenvalue weighted by molar-refractivity contribution is 0.298. The number of nitrogens with one attached hydrogen (secondary N) is 2. The van der Waals surface area contributed by atoms with Gasteiger partial charge in [-0.2, -0.15) is 0 Å². The maximum Gasteiger partial charge on any atom is 0.227 e. The maximum absolute atomic E-state index is 4.75. The zero-order valence-corrected chi connectivity index (χ0v) is 19.2. The molecule has 0 saturated heterocycles. The Kier molecular flexibility index (Phi) is 8.30. The van der Waals surface area contributed by atoms with Crippen LogP contribution in [-0.2, 0) is 6.54 Å². The smallest absolute Gasteiger partial charge is 0.227 e. The van der Waals surface area contributed by atoms with Crippen LogP contribution in [0.4, 0.5) is 11.6 Å². The molecule has 0 unspecified atom stereocenters. The molecular weight excluding hydrogens is 392 g/mol. The fourth-order valence-electron chi connectivity index (χ4n) is 3.41. The molecule has 0 spiro atoms. The monoisotopic (exact) mass is 424 g/mol. The zero-order chi connectivity index (χ0) is 21.3. The van der Waals surface area contributed by atoms with Gasteiger partial charge in [0, 0.05) is 23.8 Å². The fourth-order valence-corrected chi connectivity index (χ4v) is 4.17. The van der Waals surface area contributed by atoms with E-state index in [1.165, 1.54) is 11.1 Å². The van der Waals surface area contributed by atoms with E-state index in [4.69, 9.17) is 4.98 Å². The van der Waals surface area contributed by atoms with Crippen LogP contribution in [0.2, 0.25) is 0 Å². The molecule has 0 aliphatic heterocycles. The van der Waals surface area contributed by atoms with Crippen molar-refractivity contribution in [2.75, 3.05) is 31.5 Å². The lowest BCUT2D eigenvalue weighted by atomic mass is 10.1. The topological polar surface area (TPSA) is 66.0 Å². The first-order valence-corrected chi connectivity index (χ1v) is 11.5. The van der Waals surface area contributed by atoms with Crippen molar-refractivity contribution in [1.82, 2.24) is 25.2 Å². The van der Waals surface area contributed by atoms with Gasteiger partial charge in [0.25, 0.3) is 0 Å². The molecule has 0 aliphatic rings. The van der Waals surface area contributed by atoms with Crippen LogP contribution >= 0.6 is 11.3 Å². The van der Waals surface area contributed by atoms with Gasteiger partial charge in [-0.25, -0.2) is 15.0 Å². The summed E-state index contributed by atoms with van der Waals surface area (Å²) in [6.45, 7) is 13.8. The van der Waals surface area contributed by atoms with Gasteiger partial charge in [0.2, 0.25) is 5.95 Å². The summed E-state index contributed by atoms with van der Waals surface area (Å²) in [5, 5.41) is 9.95. The molecule has 0 atom stereocenters. The second-order valence-electron chi connectivity index (χ2n) is 7.45. The SMILES string of the molecule is CCN(CC)CCCNCc1nc(-c2ccnc(Nc3cc(C)cc(C)c3)n2)cs1. The highest BCUT2D eigenvalue weighted by Gasteiger charge is 2.08. The molecule has 2 N–H and O–H groups in total. The summed E-state index contributed by atoms with van der Waals surface area (Å²) < 4.78 is 0. The minimum Gasteiger partial charge on any atom is -0.324 e. The maximum atomic E-state index is 4.75. The minimum atomic E-state index is 0.585. The average Bonchev–Trinajstić information content (AvgIpc) is 3.19. The summed E-state index contributed by atoms with van der Waals surface area (Å²) in [4.78, 5) is 16.2. The third-order valence-electron chi connectivity index (χ3n) is 4.95. The van der Waals surface area contributed by atoms with Crippen LogP contribution in [0.25, 0.3) is 11.4 Å². The van der Waals surface area contributed by atoms with E-state index in [1.54, 1.807) is 17.5 Å². The Morgan fingerprint density at radius 1 is 1.00 bits per heavy atom. The highest BCUT2D eigenvalue weighted by atomic mass is 32.1. The van der Waals surface area contributed by atoms with Gasteiger partial charge < -0.3 is 15.5 Å². The van der Waals surface area contributed by atoms with E-state index >= 15 is 0 Å². The quantitative estimate of drug-likeness (QED) is 0.432. The van der Waals surface area contributed by atoms with Crippen molar-refractivity contribution in [3.63, 3.8) is 0 Å². The molecule has 3 aromatic rings. The Balaban J connectivity index is 1.55. The Bertz CT molecular complexity index is 915. The van der Waals surface area contributed by atoms with Gasteiger partial charge in [-0.1, -0.05) is 19.9 Å². The molecule has 6 nitrogen and oxygen atoms in total. The van der Waals surface area contributed by atoms with Crippen molar-refractivity contribution in [3.05, 3.63) is 52.0 Å². The van der Waals surface area contributed by atoms with E-state index in [0.29, 0.717) is 5.95 Å². The molecule has 0 radical (unpaired) electrons. The Labute approximate surface area is 183 Å². The normalized spacial score (nSPS) is 11.2. The van der Waals surface area contributed by atoms with E-state index < -0.39 is 0 Å². The molecule has 0 bridgehead atoms. The van der Waals surface area contributed by atoms with Gasteiger partial charge in [0.15, 0.2) is 0 Å². The van der Waals surface area contributed by atoms with Crippen LogP contribution in [-0.4, -0.2) is 46.0 Å². The predicted molar refractivity (Wildman–Crippen MR) is 126 cm³/mol. The first kappa shape index (κ1) is 22.3. The lowest BCUT2D eigenvalue weighted by Gasteiger charge is -2.17. The van der Waals surface area contributed by atoms with Crippen LogP contribution in [0.5, 0.6) is 0 Å². The van der Waals surface area contributed by atoms with E-state index in [-0.39, 0.29) is 0 Å². The number of rotatable bonds is 11. The van der Waals surface area contributed by atoms with E-state index in [0.717, 1.165) is 61.2 Å². The van der Waals surface area contributed by atoms with Crippen molar-refractivity contribution < 1.29 is 0 Å². The number of aromatic nitrogens is 3. The van der Waals surface area contributed by atoms with Crippen molar-refractivity contribution >= 4 is 23.0 Å². The van der Waals surface area contributed by atoms with Crippen LogP contribution in [0.1, 0.15) is 36.4 Å². The number of nitrogens with zero attached hydrogens (tertiary/aromatic N) is 4. The van der Waals surface area contributed by atoms with Crippen molar-refractivity contribution in [2.45, 2.75) is 40.7 Å². The van der Waals surface area contributed by atoms with Gasteiger partial charge in [0.1, 0.15) is 10.7 Å². The first-order chi connectivity index (χ1) is 14.6. The molecule has 7 heteroatoms. The molecule has 3 rings (SSSR count). The molecule has 0 fully saturated rings.